The summed E-state index contributed by atoms with van der Waals surface area (Å²) in [5.41, 5.74) is 4.98. The van der Waals surface area contributed by atoms with E-state index in [0.29, 0.717) is 0 Å². The van der Waals surface area contributed by atoms with Crippen molar-refractivity contribution in [2.75, 3.05) is 12.3 Å². The van der Waals surface area contributed by atoms with E-state index >= 15 is 0 Å². The van der Waals surface area contributed by atoms with Crippen LogP contribution in [0.1, 0.15) is 27.0 Å². The van der Waals surface area contributed by atoms with Gasteiger partial charge in [0, 0.05) is 12.1 Å². The second kappa shape index (κ2) is 5.90. The van der Waals surface area contributed by atoms with Gasteiger partial charge in [-0.25, -0.2) is 4.79 Å². The van der Waals surface area contributed by atoms with Crippen LogP contribution in [0.2, 0.25) is 0 Å². The van der Waals surface area contributed by atoms with Gasteiger partial charge in [-0.3, -0.25) is 4.57 Å². The zero-order valence-corrected chi connectivity index (χ0v) is 11.9. The SMILES string of the molecule is CC(C)OCC1OC(n2ccc(N)nc2=O)C(C)C1O. The normalized spacial score (nSPS) is 30.1. The highest BCUT2D eigenvalue weighted by atomic mass is 16.6. The van der Waals surface area contributed by atoms with Crippen molar-refractivity contribution in [3.05, 3.63) is 22.7 Å². The molecule has 0 radical (unpaired) electrons. The third-order valence-electron chi connectivity index (χ3n) is 3.40. The Labute approximate surface area is 117 Å². The molecule has 7 nitrogen and oxygen atoms in total. The smallest absolute Gasteiger partial charge is 0.351 e. The van der Waals surface area contributed by atoms with Crippen LogP contribution in [-0.4, -0.2) is 39.6 Å². The van der Waals surface area contributed by atoms with Crippen LogP contribution in [-0.2, 0) is 9.47 Å². The van der Waals surface area contributed by atoms with Crippen molar-refractivity contribution < 1.29 is 14.6 Å². The first-order chi connectivity index (χ1) is 9.40. The maximum absolute atomic E-state index is 11.8. The standard InChI is InChI=1S/C13H21N3O4/c1-7(2)19-6-9-11(17)8(3)12(20-9)16-5-4-10(14)15-13(16)18/h4-5,7-9,11-12,17H,6H2,1-3H3,(H2,14,15,18). The van der Waals surface area contributed by atoms with Crippen LogP contribution in [0, 0.1) is 5.92 Å². The lowest BCUT2D eigenvalue weighted by molar-refractivity contribution is -0.0754. The van der Waals surface area contributed by atoms with Crippen LogP contribution in [0.15, 0.2) is 17.1 Å². The summed E-state index contributed by atoms with van der Waals surface area (Å²) in [6.45, 7) is 5.94. The summed E-state index contributed by atoms with van der Waals surface area (Å²) < 4.78 is 12.6. The first-order valence-electron chi connectivity index (χ1n) is 6.70. The minimum Gasteiger partial charge on any atom is -0.390 e. The Kier molecular flexibility index (Phi) is 4.42. The van der Waals surface area contributed by atoms with Crippen molar-refractivity contribution in [1.29, 1.82) is 0 Å². The second-order valence-corrected chi connectivity index (χ2v) is 5.34. The molecule has 1 aromatic heterocycles. The number of nitrogens with two attached hydrogens (primary N) is 1. The maximum atomic E-state index is 11.8. The average Bonchev–Trinajstić information content (AvgIpc) is 2.64. The monoisotopic (exact) mass is 283 g/mol. The molecule has 2 heterocycles. The number of hydrogen-bond donors (Lipinski definition) is 2. The van der Waals surface area contributed by atoms with Crippen molar-refractivity contribution in [3.8, 4) is 0 Å². The number of nitrogens with zero attached hydrogens (tertiary/aromatic N) is 2. The fourth-order valence-corrected chi connectivity index (χ4v) is 2.25. The van der Waals surface area contributed by atoms with Crippen LogP contribution in [0.4, 0.5) is 5.82 Å². The fourth-order valence-electron chi connectivity index (χ4n) is 2.25. The number of ether oxygens (including phenoxy) is 2. The molecule has 3 N–H and O–H groups in total. The quantitative estimate of drug-likeness (QED) is 0.815. The fraction of sp³-hybridized carbons (Fsp3) is 0.692. The molecule has 0 amide bonds. The molecule has 0 spiro atoms. The van der Waals surface area contributed by atoms with Crippen molar-refractivity contribution in [2.45, 2.75) is 45.3 Å². The molecule has 1 aliphatic rings. The summed E-state index contributed by atoms with van der Waals surface area (Å²) in [7, 11) is 0. The summed E-state index contributed by atoms with van der Waals surface area (Å²) >= 11 is 0. The van der Waals surface area contributed by atoms with Crippen molar-refractivity contribution in [3.63, 3.8) is 0 Å². The molecule has 112 valence electrons. The minimum absolute atomic E-state index is 0.0565. The average molecular weight is 283 g/mol. The molecular formula is C13H21N3O4. The lowest BCUT2D eigenvalue weighted by Gasteiger charge is -2.18. The van der Waals surface area contributed by atoms with Gasteiger partial charge in [0.1, 0.15) is 18.1 Å². The molecule has 0 aliphatic carbocycles. The first-order valence-corrected chi connectivity index (χ1v) is 6.70. The van der Waals surface area contributed by atoms with E-state index in [4.69, 9.17) is 15.2 Å². The molecule has 1 saturated heterocycles. The summed E-state index contributed by atoms with van der Waals surface area (Å²) in [5.74, 6) is -0.0731. The van der Waals surface area contributed by atoms with Gasteiger partial charge in [0.15, 0.2) is 0 Å². The molecule has 2 rings (SSSR count). The van der Waals surface area contributed by atoms with E-state index in [1.165, 1.54) is 16.8 Å². The first kappa shape index (κ1) is 15.0. The third kappa shape index (κ3) is 3.00. The molecule has 1 fully saturated rings. The number of aromatic nitrogens is 2. The van der Waals surface area contributed by atoms with Gasteiger partial charge in [-0.05, 0) is 19.9 Å². The van der Waals surface area contributed by atoms with Gasteiger partial charge in [-0.1, -0.05) is 6.92 Å². The third-order valence-corrected chi connectivity index (χ3v) is 3.40. The van der Waals surface area contributed by atoms with Crippen molar-refractivity contribution in [2.24, 2.45) is 5.92 Å². The van der Waals surface area contributed by atoms with Gasteiger partial charge < -0.3 is 20.3 Å². The highest BCUT2D eigenvalue weighted by Crippen LogP contribution is 2.33. The molecule has 0 saturated carbocycles. The van der Waals surface area contributed by atoms with Crippen LogP contribution in [0.5, 0.6) is 0 Å². The zero-order valence-electron chi connectivity index (χ0n) is 11.9. The van der Waals surface area contributed by atoms with E-state index in [1.807, 2.05) is 20.8 Å². The molecule has 20 heavy (non-hydrogen) atoms. The van der Waals surface area contributed by atoms with Gasteiger partial charge in [-0.15, -0.1) is 0 Å². The van der Waals surface area contributed by atoms with Crippen molar-refractivity contribution in [1.82, 2.24) is 9.55 Å². The van der Waals surface area contributed by atoms with E-state index in [2.05, 4.69) is 4.98 Å². The Morgan fingerprint density at radius 3 is 2.90 bits per heavy atom. The Morgan fingerprint density at radius 2 is 2.30 bits per heavy atom. The summed E-state index contributed by atoms with van der Waals surface area (Å²) in [6, 6.07) is 1.53. The van der Waals surface area contributed by atoms with Crippen molar-refractivity contribution >= 4 is 5.82 Å². The number of nitrogen functional groups attached to an aromatic ring is 1. The van der Waals surface area contributed by atoms with Gasteiger partial charge >= 0.3 is 5.69 Å². The number of hydrogen-bond acceptors (Lipinski definition) is 6. The van der Waals surface area contributed by atoms with E-state index in [-0.39, 0.29) is 24.4 Å². The molecule has 0 bridgehead atoms. The summed E-state index contributed by atoms with van der Waals surface area (Å²) in [5, 5.41) is 10.2. The maximum Gasteiger partial charge on any atom is 0.351 e. The minimum atomic E-state index is -0.691. The topological polar surface area (TPSA) is 99.6 Å². The van der Waals surface area contributed by atoms with Gasteiger partial charge in [-0.2, -0.15) is 4.98 Å². The van der Waals surface area contributed by atoms with E-state index in [9.17, 15) is 9.90 Å². The molecule has 7 heteroatoms. The lowest BCUT2D eigenvalue weighted by atomic mass is 10.0. The number of aliphatic hydroxyl groups is 1. The zero-order chi connectivity index (χ0) is 14.9. The molecule has 1 aromatic rings. The van der Waals surface area contributed by atoms with Crippen LogP contribution >= 0.6 is 0 Å². The highest BCUT2D eigenvalue weighted by Gasteiger charge is 2.42. The van der Waals surface area contributed by atoms with E-state index < -0.39 is 24.1 Å². The van der Waals surface area contributed by atoms with Gasteiger partial charge in [0.25, 0.3) is 0 Å². The Hall–Kier alpha value is -1.44. The molecule has 4 unspecified atom stereocenters. The highest BCUT2D eigenvalue weighted by molar-refractivity contribution is 5.23. The second-order valence-electron chi connectivity index (χ2n) is 5.34. The number of anilines is 1. The van der Waals surface area contributed by atoms with Crippen LogP contribution < -0.4 is 11.4 Å². The van der Waals surface area contributed by atoms with Crippen LogP contribution in [0.25, 0.3) is 0 Å². The molecule has 4 atom stereocenters. The molecule has 0 aromatic carbocycles. The lowest BCUT2D eigenvalue weighted by Crippen LogP contribution is -2.31. The largest absolute Gasteiger partial charge is 0.390 e. The van der Waals surface area contributed by atoms with Gasteiger partial charge in [0.05, 0.1) is 18.8 Å². The molecular weight excluding hydrogens is 262 g/mol. The molecule has 1 aliphatic heterocycles. The predicted octanol–water partition coefficient (Wildman–Crippen LogP) is 0.145. The predicted molar refractivity (Wildman–Crippen MR) is 73.1 cm³/mol. The Bertz CT molecular complexity index is 517. The number of aliphatic hydroxyl groups excluding tert-OH is 1. The van der Waals surface area contributed by atoms with Gasteiger partial charge in [0.2, 0.25) is 0 Å². The summed E-state index contributed by atoms with van der Waals surface area (Å²) in [6.07, 6.45) is -0.123. The van der Waals surface area contributed by atoms with Crippen LogP contribution in [0.3, 0.4) is 0 Å². The number of rotatable bonds is 4. The Morgan fingerprint density at radius 1 is 1.60 bits per heavy atom. The van der Waals surface area contributed by atoms with E-state index in [0.717, 1.165) is 0 Å². The van der Waals surface area contributed by atoms with E-state index in [1.54, 1.807) is 0 Å². The summed E-state index contributed by atoms with van der Waals surface area (Å²) in [4.78, 5) is 15.5. The Balaban J connectivity index is 2.15.